The summed E-state index contributed by atoms with van der Waals surface area (Å²) in [4.78, 5) is 13.8. The van der Waals surface area contributed by atoms with Crippen molar-refractivity contribution in [2.45, 2.75) is 16.8 Å². The Bertz CT molecular complexity index is 636. The van der Waals surface area contributed by atoms with Gasteiger partial charge >= 0.3 is 0 Å². The van der Waals surface area contributed by atoms with Crippen molar-refractivity contribution in [2.75, 3.05) is 45.6 Å². The Morgan fingerprint density at radius 1 is 1.17 bits per heavy atom. The van der Waals surface area contributed by atoms with Gasteiger partial charge in [0, 0.05) is 38.0 Å². The maximum atomic E-state index is 4.67. The zero-order chi connectivity index (χ0) is 16.8. The second-order valence-electron chi connectivity index (χ2n) is 6.29. The molecule has 1 aromatic carbocycles. The third-order valence-electron chi connectivity index (χ3n) is 4.34. The van der Waals surface area contributed by atoms with Crippen LogP contribution in [-0.2, 0) is 5.75 Å². The Morgan fingerprint density at radius 3 is 2.83 bits per heavy atom. The molecule has 1 aromatic heterocycles. The topological polar surface area (TPSA) is 44.3 Å². The van der Waals surface area contributed by atoms with Crippen LogP contribution >= 0.6 is 11.8 Å². The molecule has 0 bridgehead atoms. The molecule has 24 heavy (non-hydrogen) atoms. The van der Waals surface area contributed by atoms with E-state index in [-0.39, 0.29) is 0 Å². The third kappa shape index (κ3) is 4.93. The second-order valence-corrected chi connectivity index (χ2v) is 7.29. The molecular formula is C18H25N5S. The number of hydrogen-bond donors (Lipinski definition) is 1. The van der Waals surface area contributed by atoms with Gasteiger partial charge in [-0.05, 0) is 19.7 Å². The van der Waals surface area contributed by atoms with Crippen molar-refractivity contribution in [2.24, 2.45) is 0 Å². The van der Waals surface area contributed by atoms with Crippen LogP contribution < -0.4 is 5.32 Å². The van der Waals surface area contributed by atoms with Gasteiger partial charge in [0.1, 0.15) is 10.8 Å². The van der Waals surface area contributed by atoms with Gasteiger partial charge < -0.3 is 10.2 Å². The number of benzene rings is 1. The summed E-state index contributed by atoms with van der Waals surface area (Å²) in [5.41, 5.74) is 1.30. The van der Waals surface area contributed by atoms with Crippen molar-refractivity contribution >= 4 is 17.6 Å². The van der Waals surface area contributed by atoms with Crippen LogP contribution in [0.2, 0.25) is 0 Å². The molecule has 0 amide bonds. The Kier molecular flexibility index (Phi) is 6.07. The number of aromatic nitrogens is 2. The summed E-state index contributed by atoms with van der Waals surface area (Å²) in [7, 11) is 4.37. The first kappa shape index (κ1) is 17.2. The van der Waals surface area contributed by atoms with Crippen molar-refractivity contribution in [3.8, 4) is 0 Å². The van der Waals surface area contributed by atoms with Crippen molar-refractivity contribution in [3.63, 3.8) is 0 Å². The lowest BCUT2D eigenvalue weighted by Crippen LogP contribution is -2.52. The van der Waals surface area contributed by atoms with Gasteiger partial charge in [-0.1, -0.05) is 30.3 Å². The van der Waals surface area contributed by atoms with E-state index in [2.05, 4.69) is 63.4 Å². The Labute approximate surface area is 148 Å². The number of nitrogens with zero attached hydrogens (tertiary/aromatic N) is 4. The van der Waals surface area contributed by atoms with Crippen LogP contribution in [0.15, 0.2) is 47.8 Å². The summed E-state index contributed by atoms with van der Waals surface area (Å²) in [6, 6.07) is 11.0. The fourth-order valence-electron chi connectivity index (χ4n) is 2.78. The lowest BCUT2D eigenvalue weighted by molar-refractivity contribution is 0.122. The van der Waals surface area contributed by atoms with E-state index in [9.17, 15) is 0 Å². The summed E-state index contributed by atoms with van der Waals surface area (Å²) in [6.07, 6.45) is 3.64. The summed E-state index contributed by atoms with van der Waals surface area (Å²) in [5, 5.41) is 4.41. The summed E-state index contributed by atoms with van der Waals surface area (Å²) < 4.78 is 0. The molecule has 1 saturated heterocycles. The molecule has 0 spiro atoms. The molecule has 2 heterocycles. The van der Waals surface area contributed by atoms with E-state index < -0.39 is 0 Å². The minimum Gasteiger partial charge on any atom is -0.367 e. The highest BCUT2D eigenvalue weighted by Gasteiger charge is 2.21. The first-order valence-corrected chi connectivity index (χ1v) is 9.30. The fourth-order valence-corrected chi connectivity index (χ4v) is 3.58. The predicted octanol–water partition coefficient (Wildman–Crippen LogP) is 2.43. The largest absolute Gasteiger partial charge is 0.367 e. The standard InChI is InChI=1S/C18H25N5S/c1-22-8-9-23(2)16(13-22)10-20-17-11-19-12-18(21-17)24-14-15-6-4-3-5-7-15/h3-7,11-12,16H,8-10,13-14H2,1-2H3,(H,20,21)/t16-/m1/s1. The molecule has 1 aliphatic heterocycles. The zero-order valence-corrected chi connectivity index (χ0v) is 15.2. The van der Waals surface area contributed by atoms with Gasteiger partial charge in [0.2, 0.25) is 0 Å². The summed E-state index contributed by atoms with van der Waals surface area (Å²) in [5.74, 6) is 1.77. The number of anilines is 1. The number of piperazine rings is 1. The molecule has 2 aromatic rings. The Balaban J connectivity index is 1.53. The van der Waals surface area contributed by atoms with E-state index in [1.807, 2.05) is 12.3 Å². The third-order valence-corrected chi connectivity index (χ3v) is 5.31. The fraction of sp³-hybridized carbons (Fsp3) is 0.444. The quantitative estimate of drug-likeness (QED) is 0.813. The van der Waals surface area contributed by atoms with Gasteiger partial charge in [0.05, 0.1) is 12.4 Å². The van der Waals surface area contributed by atoms with Crippen LogP contribution in [0.1, 0.15) is 5.56 Å². The molecule has 3 rings (SSSR count). The van der Waals surface area contributed by atoms with Crippen molar-refractivity contribution in [1.29, 1.82) is 0 Å². The summed E-state index contributed by atoms with van der Waals surface area (Å²) in [6.45, 7) is 4.22. The number of likely N-dealkylation sites (N-methyl/N-ethyl adjacent to an activating group) is 2. The normalized spacial score (nSPS) is 19.3. The number of thioether (sulfide) groups is 1. The van der Waals surface area contributed by atoms with E-state index in [1.54, 1.807) is 18.0 Å². The zero-order valence-electron chi connectivity index (χ0n) is 14.4. The van der Waals surface area contributed by atoms with Crippen LogP contribution in [-0.4, -0.2) is 66.1 Å². The van der Waals surface area contributed by atoms with Crippen LogP contribution in [0.3, 0.4) is 0 Å². The van der Waals surface area contributed by atoms with Gasteiger partial charge in [-0.2, -0.15) is 0 Å². The first-order chi connectivity index (χ1) is 11.7. The number of hydrogen-bond acceptors (Lipinski definition) is 6. The SMILES string of the molecule is CN1CCN(C)[C@H](CNc2cncc(SCc3ccccc3)n2)C1. The average molecular weight is 344 g/mol. The second kappa shape index (κ2) is 8.46. The van der Waals surface area contributed by atoms with Crippen LogP contribution in [0, 0.1) is 0 Å². The average Bonchev–Trinajstić information content (AvgIpc) is 2.62. The highest BCUT2D eigenvalue weighted by atomic mass is 32.2. The molecule has 1 N–H and O–H groups in total. The van der Waals surface area contributed by atoms with E-state index in [4.69, 9.17) is 0 Å². The molecule has 5 nitrogen and oxygen atoms in total. The lowest BCUT2D eigenvalue weighted by Gasteiger charge is -2.37. The lowest BCUT2D eigenvalue weighted by atomic mass is 10.2. The number of rotatable bonds is 6. The van der Waals surface area contributed by atoms with Crippen molar-refractivity contribution in [3.05, 3.63) is 48.3 Å². The van der Waals surface area contributed by atoms with E-state index in [1.165, 1.54) is 5.56 Å². The minimum absolute atomic E-state index is 0.506. The first-order valence-electron chi connectivity index (χ1n) is 8.32. The Hall–Kier alpha value is -1.63. The van der Waals surface area contributed by atoms with Gasteiger partial charge in [-0.25, -0.2) is 4.98 Å². The molecule has 0 unspecified atom stereocenters. The van der Waals surface area contributed by atoms with Crippen LogP contribution in [0.5, 0.6) is 0 Å². The molecule has 0 saturated carbocycles. The smallest absolute Gasteiger partial charge is 0.145 e. The van der Waals surface area contributed by atoms with Crippen LogP contribution in [0.4, 0.5) is 5.82 Å². The van der Waals surface area contributed by atoms with Crippen molar-refractivity contribution < 1.29 is 0 Å². The minimum atomic E-state index is 0.506. The molecule has 0 radical (unpaired) electrons. The Morgan fingerprint density at radius 2 is 2.00 bits per heavy atom. The van der Waals surface area contributed by atoms with Gasteiger partial charge in [0.15, 0.2) is 0 Å². The molecule has 0 aliphatic carbocycles. The highest BCUT2D eigenvalue weighted by molar-refractivity contribution is 7.98. The van der Waals surface area contributed by atoms with Crippen LogP contribution in [0.25, 0.3) is 0 Å². The van der Waals surface area contributed by atoms with E-state index in [0.29, 0.717) is 6.04 Å². The molecular weight excluding hydrogens is 318 g/mol. The maximum Gasteiger partial charge on any atom is 0.145 e. The molecule has 1 atom stereocenters. The maximum absolute atomic E-state index is 4.67. The van der Waals surface area contributed by atoms with E-state index >= 15 is 0 Å². The molecule has 128 valence electrons. The molecule has 6 heteroatoms. The highest BCUT2D eigenvalue weighted by Crippen LogP contribution is 2.21. The predicted molar refractivity (Wildman–Crippen MR) is 100 cm³/mol. The molecule has 1 fully saturated rings. The van der Waals surface area contributed by atoms with Gasteiger partial charge in [-0.15, -0.1) is 11.8 Å². The number of nitrogens with one attached hydrogen (secondary N) is 1. The van der Waals surface area contributed by atoms with Gasteiger partial charge in [-0.3, -0.25) is 9.88 Å². The van der Waals surface area contributed by atoms with E-state index in [0.717, 1.165) is 42.8 Å². The monoisotopic (exact) mass is 343 g/mol. The molecule has 1 aliphatic rings. The van der Waals surface area contributed by atoms with Crippen molar-refractivity contribution in [1.82, 2.24) is 19.8 Å². The van der Waals surface area contributed by atoms with Gasteiger partial charge in [0.25, 0.3) is 0 Å². The summed E-state index contributed by atoms with van der Waals surface area (Å²) >= 11 is 1.72.